The van der Waals surface area contributed by atoms with Crippen LogP contribution in [-0.2, 0) is 6.54 Å². The topological polar surface area (TPSA) is 34.1 Å². The van der Waals surface area contributed by atoms with Crippen molar-refractivity contribution in [3.05, 3.63) is 23.6 Å². The summed E-state index contributed by atoms with van der Waals surface area (Å²) < 4.78 is 19.1. The van der Waals surface area contributed by atoms with Crippen LogP contribution in [0.4, 0.5) is 4.39 Å². The number of aromatic nitrogens is 1. The lowest BCUT2D eigenvalue weighted by atomic mass is 10.1. The molecular formula is C17H29FN2O. The van der Waals surface area contributed by atoms with E-state index in [0.717, 1.165) is 12.0 Å². The van der Waals surface area contributed by atoms with Gasteiger partial charge in [0.05, 0.1) is 12.8 Å². The average Bonchev–Trinajstić information content (AvgIpc) is 2.41. The first-order valence-corrected chi connectivity index (χ1v) is 7.94. The van der Waals surface area contributed by atoms with Crippen molar-refractivity contribution in [2.24, 2.45) is 0 Å². The maximum absolute atomic E-state index is 13.3. The maximum atomic E-state index is 13.3. The number of halogens is 1. The number of nitrogens with one attached hydrogen (secondary N) is 1. The Morgan fingerprint density at radius 2 is 1.90 bits per heavy atom. The van der Waals surface area contributed by atoms with Crippen molar-refractivity contribution in [1.29, 1.82) is 0 Å². The highest BCUT2D eigenvalue weighted by Crippen LogP contribution is 2.18. The summed E-state index contributed by atoms with van der Waals surface area (Å²) >= 11 is 0. The molecule has 0 amide bonds. The predicted molar refractivity (Wildman–Crippen MR) is 85.0 cm³/mol. The van der Waals surface area contributed by atoms with Gasteiger partial charge in [0.1, 0.15) is 5.82 Å². The summed E-state index contributed by atoms with van der Waals surface area (Å²) in [7, 11) is 0. The van der Waals surface area contributed by atoms with Crippen molar-refractivity contribution in [2.75, 3.05) is 6.61 Å². The fourth-order valence-corrected chi connectivity index (χ4v) is 1.96. The van der Waals surface area contributed by atoms with Crippen molar-refractivity contribution in [2.45, 2.75) is 71.9 Å². The van der Waals surface area contributed by atoms with E-state index in [-0.39, 0.29) is 11.4 Å². The second kappa shape index (κ2) is 8.98. The highest BCUT2D eigenvalue weighted by atomic mass is 19.1. The fourth-order valence-electron chi connectivity index (χ4n) is 1.96. The molecular weight excluding hydrogens is 267 g/mol. The van der Waals surface area contributed by atoms with Crippen LogP contribution in [0.25, 0.3) is 0 Å². The largest absolute Gasteiger partial charge is 0.477 e. The molecule has 1 N–H and O–H groups in total. The standard InChI is InChI=1S/C17H29FN2O/c1-5-6-7-8-9-10-21-16-14(11-15(18)13-19-16)12-20-17(2,3)4/h11,13,20H,5-10,12H2,1-4H3. The third-order valence-electron chi connectivity index (χ3n) is 3.19. The molecule has 1 aromatic heterocycles. The van der Waals surface area contributed by atoms with Gasteiger partial charge in [-0.15, -0.1) is 0 Å². The number of rotatable bonds is 9. The molecule has 0 aromatic carbocycles. The van der Waals surface area contributed by atoms with Gasteiger partial charge in [-0.2, -0.15) is 0 Å². The smallest absolute Gasteiger partial charge is 0.218 e. The summed E-state index contributed by atoms with van der Waals surface area (Å²) in [6, 6.07) is 1.50. The first-order valence-electron chi connectivity index (χ1n) is 7.94. The highest BCUT2D eigenvalue weighted by Gasteiger charge is 2.12. The third kappa shape index (κ3) is 8.00. The molecule has 0 spiro atoms. The Balaban J connectivity index is 2.48. The van der Waals surface area contributed by atoms with Crippen LogP contribution in [0.3, 0.4) is 0 Å². The number of pyridine rings is 1. The second-order valence-corrected chi connectivity index (χ2v) is 6.48. The first kappa shape index (κ1) is 17.9. The molecule has 120 valence electrons. The molecule has 0 fully saturated rings. The predicted octanol–water partition coefficient (Wildman–Crippen LogP) is 4.46. The van der Waals surface area contributed by atoms with Gasteiger partial charge in [-0.05, 0) is 33.3 Å². The van der Waals surface area contributed by atoms with Gasteiger partial charge in [0.2, 0.25) is 5.88 Å². The van der Waals surface area contributed by atoms with E-state index in [1.165, 1.54) is 37.9 Å². The van der Waals surface area contributed by atoms with Gasteiger partial charge < -0.3 is 10.1 Å². The van der Waals surface area contributed by atoms with Crippen LogP contribution < -0.4 is 10.1 Å². The molecule has 0 aliphatic heterocycles. The highest BCUT2D eigenvalue weighted by molar-refractivity contribution is 5.26. The summed E-state index contributed by atoms with van der Waals surface area (Å²) in [5.74, 6) is 0.222. The number of unbranched alkanes of at least 4 members (excludes halogenated alkanes) is 4. The summed E-state index contributed by atoms with van der Waals surface area (Å²) in [4.78, 5) is 4.08. The van der Waals surface area contributed by atoms with Crippen LogP contribution in [0.15, 0.2) is 12.3 Å². The quantitative estimate of drug-likeness (QED) is 0.683. The molecule has 0 aliphatic rings. The van der Waals surface area contributed by atoms with E-state index in [9.17, 15) is 4.39 Å². The molecule has 1 rings (SSSR count). The Morgan fingerprint density at radius 3 is 2.57 bits per heavy atom. The zero-order chi connectivity index (χ0) is 15.7. The summed E-state index contributed by atoms with van der Waals surface area (Å²) in [6.07, 6.45) is 7.16. The molecule has 1 heterocycles. The van der Waals surface area contributed by atoms with E-state index in [4.69, 9.17) is 4.74 Å². The molecule has 4 heteroatoms. The SMILES string of the molecule is CCCCCCCOc1ncc(F)cc1CNC(C)(C)C. The van der Waals surface area contributed by atoms with Crippen LogP contribution in [0.2, 0.25) is 0 Å². The summed E-state index contributed by atoms with van der Waals surface area (Å²) in [5, 5.41) is 3.34. The normalized spacial score (nSPS) is 11.7. The van der Waals surface area contributed by atoms with Gasteiger partial charge in [0.15, 0.2) is 0 Å². The van der Waals surface area contributed by atoms with Crippen molar-refractivity contribution in [3.63, 3.8) is 0 Å². The van der Waals surface area contributed by atoms with Gasteiger partial charge in [-0.25, -0.2) is 9.37 Å². The van der Waals surface area contributed by atoms with E-state index in [1.54, 1.807) is 0 Å². The Morgan fingerprint density at radius 1 is 1.19 bits per heavy atom. The molecule has 0 atom stereocenters. The second-order valence-electron chi connectivity index (χ2n) is 6.48. The zero-order valence-electron chi connectivity index (χ0n) is 13.8. The fraction of sp³-hybridized carbons (Fsp3) is 0.706. The van der Waals surface area contributed by atoms with Gasteiger partial charge in [-0.1, -0.05) is 32.6 Å². The van der Waals surface area contributed by atoms with E-state index in [1.807, 2.05) is 0 Å². The zero-order valence-corrected chi connectivity index (χ0v) is 13.8. The maximum Gasteiger partial charge on any atom is 0.218 e. The minimum absolute atomic E-state index is 0.0241. The molecule has 21 heavy (non-hydrogen) atoms. The lowest BCUT2D eigenvalue weighted by Gasteiger charge is -2.21. The van der Waals surface area contributed by atoms with Gasteiger partial charge in [-0.3, -0.25) is 0 Å². The number of hydrogen-bond acceptors (Lipinski definition) is 3. The third-order valence-corrected chi connectivity index (χ3v) is 3.19. The van der Waals surface area contributed by atoms with Gasteiger partial charge in [0.25, 0.3) is 0 Å². The van der Waals surface area contributed by atoms with Crippen molar-refractivity contribution >= 4 is 0 Å². The first-order chi connectivity index (χ1) is 9.92. The van der Waals surface area contributed by atoms with Gasteiger partial charge >= 0.3 is 0 Å². The Labute approximate surface area is 128 Å². The molecule has 0 radical (unpaired) electrons. The Hall–Kier alpha value is -1.16. The van der Waals surface area contributed by atoms with E-state index in [2.05, 4.69) is 38.0 Å². The van der Waals surface area contributed by atoms with Crippen LogP contribution in [-0.4, -0.2) is 17.1 Å². The molecule has 3 nitrogen and oxygen atoms in total. The van der Waals surface area contributed by atoms with Gasteiger partial charge in [0, 0.05) is 17.6 Å². The monoisotopic (exact) mass is 296 g/mol. The molecule has 0 saturated carbocycles. The average molecular weight is 296 g/mol. The number of nitrogens with zero attached hydrogens (tertiary/aromatic N) is 1. The minimum Gasteiger partial charge on any atom is -0.477 e. The van der Waals surface area contributed by atoms with E-state index >= 15 is 0 Å². The van der Waals surface area contributed by atoms with Crippen LogP contribution >= 0.6 is 0 Å². The molecule has 1 aromatic rings. The van der Waals surface area contributed by atoms with Crippen LogP contribution in [0.5, 0.6) is 5.88 Å². The number of ether oxygens (including phenoxy) is 1. The number of hydrogen-bond donors (Lipinski definition) is 1. The van der Waals surface area contributed by atoms with Crippen molar-refractivity contribution in [3.8, 4) is 5.88 Å². The Kier molecular flexibility index (Phi) is 7.65. The summed E-state index contributed by atoms with van der Waals surface area (Å²) in [6.45, 7) is 9.63. The van der Waals surface area contributed by atoms with Crippen LogP contribution in [0.1, 0.15) is 65.4 Å². The molecule has 0 saturated heterocycles. The van der Waals surface area contributed by atoms with E-state index in [0.29, 0.717) is 19.0 Å². The van der Waals surface area contributed by atoms with E-state index < -0.39 is 0 Å². The molecule has 0 unspecified atom stereocenters. The van der Waals surface area contributed by atoms with Crippen molar-refractivity contribution in [1.82, 2.24) is 10.3 Å². The molecule has 0 bridgehead atoms. The molecule has 0 aliphatic carbocycles. The summed E-state index contributed by atoms with van der Waals surface area (Å²) in [5.41, 5.74) is 0.752. The lowest BCUT2D eigenvalue weighted by Crippen LogP contribution is -2.35. The van der Waals surface area contributed by atoms with Crippen molar-refractivity contribution < 1.29 is 9.13 Å². The van der Waals surface area contributed by atoms with Crippen LogP contribution in [0, 0.1) is 5.82 Å². The lowest BCUT2D eigenvalue weighted by molar-refractivity contribution is 0.287. The minimum atomic E-state index is -0.323. The Bertz CT molecular complexity index is 416.